The zero-order valence-electron chi connectivity index (χ0n) is 16.6. The number of carbonyl (C=O) groups is 2. The first-order valence-electron chi connectivity index (χ1n) is 9.45. The van der Waals surface area contributed by atoms with Crippen LogP contribution in [0.5, 0.6) is 0 Å². The van der Waals surface area contributed by atoms with Gasteiger partial charge in [0.15, 0.2) is 0 Å². The van der Waals surface area contributed by atoms with Crippen LogP contribution in [0.4, 0.5) is 0 Å². The van der Waals surface area contributed by atoms with E-state index in [1.165, 1.54) is 38.1 Å². The molecule has 1 fully saturated rings. The van der Waals surface area contributed by atoms with Gasteiger partial charge in [-0.1, -0.05) is 12.1 Å². The summed E-state index contributed by atoms with van der Waals surface area (Å²) >= 11 is 0. The van der Waals surface area contributed by atoms with Crippen LogP contribution in [0.25, 0.3) is 0 Å². The second-order valence-electron chi connectivity index (χ2n) is 7.29. The number of fused-ring (bicyclic) bond motifs is 1. The number of hydrogen-bond acceptors (Lipinski definition) is 6. The van der Waals surface area contributed by atoms with E-state index in [1.54, 1.807) is 12.1 Å². The lowest BCUT2D eigenvalue weighted by Crippen LogP contribution is -2.43. The van der Waals surface area contributed by atoms with Crippen LogP contribution in [0, 0.1) is 0 Å². The van der Waals surface area contributed by atoms with Gasteiger partial charge in [-0.15, -0.1) is 0 Å². The summed E-state index contributed by atoms with van der Waals surface area (Å²) in [6.45, 7) is 6.75. The molecule has 0 saturated carbocycles. The van der Waals surface area contributed by atoms with Gasteiger partial charge in [-0.2, -0.15) is 8.42 Å². The summed E-state index contributed by atoms with van der Waals surface area (Å²) in [6.07, 6.45) is 2.63. The van der Waals surface area contributed by atoms with Crippen molar-refractivity contribution in [3.8, 4) is 0 Å². The number of imide groups is 1. The largest absolute Gasteiger partial charge is 0.317 e. The Morgan fingerprint density at radius 2 is 1.61 bits per heavy atom. The van der Waals surface area contributed by atoms with Gasteiger partial charge in [0, 0.05) is 18.6 Å². The summed E-state index contributed by atoms with van der Waals surface area (Å²) in [5.74, 6) is -1.72. The molecule has 2 N–H and O–H groups in total. The molecule has 0 atom stereocenters. The van der Waals surface area contributed by atoms with Gasteiger partial charge >= 0.3 is 0 Å². The second kappa shape index (κ2) is 9.60. The summed E-state index contributed by atoms with van der Waals surface area (Å²) < 4.78 is 29.8. The minimum absolute atomic E-state index is 0.257. The van der Waals surface area contributed by atoms with Gasteiger partial charge in [-0.05, 0) is 59.0 Å². The molecule has 8 nitrogen and oxygen atoms in total. The number of nitrogens with one attached hydrogen (secondary N) is 1. The maximum atomic E-state index is 11.8. The fraction of sp³-hybridized carbons (Fsp3) is 0.579. The van der Waals surface area contributed by atoms with E-state index in [4.69, 9.17) is 4.55 Å². The normalized spacial score (nSPS) is 18.2. The highest BCUT2D eigenvalue weighted by atomic mass is 32.2. The fourth-order valence-electron chi connectivity index (χ4n) is 3.35. The Morgan fingerprint density at radius 1 is 1.11 bits per heavy atom. The van der Waals surface area contributed by atoms with Crippen molar-refractivity contribution < 1.29 is 22.6 Å². The van der Waals surface area contributed by atoms with Crippen molar-refractivity contribution in [1.82, 2.24) is 15.1 Å². The van der Waals surface area contributed by atoms with E-state index in [9.17, 15) is 18.0 Å². The monoisotopic (exact) mass is 411 g/mol. The molecule has 0 spiro atoms. The molecule has 28 heavy (non-hydrogen) atoms. The van der Waals surface area contributed by atoms with E-state index < -0.39 is 27.7 Å². The molecule has 1 aromatic rings. The van der Waals surface area contributed by atoms with Crippen LogP contribution >= 0.6 is 0 Å². The second-order valence-corrected chi connectivity index (χ2v) is 8.86. The highest BCUT2D eigenvalue weighted by Gasteiger charge is 2.35. The number of carbonyl (C=O) groups excluding carboxylic acids is 2. The first kappa shape index (κ1) is 22.5. The SMILES string of the molecule is CNC1CCN(C(C)C)CC1.O=C1c2ccccc2C(=O)N1CCS(=O)(=O)O. The average Bonchev–Trinajstić information content (AvgIpc) is 2.91. The number of piperidine rings is 1. The lowest BCUT2D eigenvalue weighted by atomic mass is 10.0. The Morgan fingerprint density at radius 3 is 2.00 bits per heavy atom. The zero-order chi connectivity index (χ0) is 20.9. The van der Waals surface area contributed by atoms with Crippen LogP contribution < -0.4 is 5.32 Å². The maximum Gasteiger partial charge on any atom is 0.266 e. The van der Waals surface area contributed by atoms with E-state index >= 15 is 0 Å². The minimum Gasteiger partial charge on any atom is -0.317 e. The van der Waals surface area contributed by atoms with Crippen molar-refractivity contribution >= 4 is 21.9 Å². The molecule has 0 bridgehead atoms. The quantitative estimate of drug-likeness (QED) is 0.555. The Balaban J connectivity index is 0.000000221. The third kappa shape index (κ3) is 5.84. The lowest BCUT2D eigenvalue weighted by Gasteiger charge is -2.34. The third-order valence-corrected chi connectivity index (χ3v) is 5.82. The van der Waals surface area contributed by atoms with E-state index in [-0.39, 0.29) is 17.7 Å². The summed E-state index contributed by atoms with van der Waals surface area (Å²) in [5.41, 5.74) is 0.515. The molecule has 1 saturated heterocycles. The van der Waals surface area contributed by atoms with Crippen molar-refractivity contribution in [3.05, 3.63) is 35.4 Å². The fourth-order valence-corrected chi connectivity index (χ4v) is 3.77. The Hall–Kier alpha value is -1.81. The van der Waals surface area contributed by atoms with Gasteiger partial charge in [-0.25, -0.2) is 0 Å². The Labute approximate surface area is 166 Å². The molecule has 2 amide bonds. The van der Waals surface area contributed by atoms with Crippen molar-refractivity contribution in [3.63, 3.8) is 0 Å². The summed E-state index contributed by atoms with van der Waals surface area (Å²) in [6, 6.07) is 7.75. The molecule has 0 aliphatic carbocycles. The molecule has 9 heteroatoms. The molecule has 0 aromatic heterocycles. The van der Waals surface area contributed by atoms with E-state index in [2.05, 4.69) is 31.1 Å². The van der Waals surface area contributed by atoms with Crippen LogP contribution in [-0.2, 0) is 10.1 Å². The van der Waals surface area contributed by atoms with Gasteiger partial charge in [0.05, 0.1) is 16.9 Å². The smallest absolute Gasteiger partial charge is 0.266 e. The van der Waals surface area contributed by atoms with E-state index in [1.807, 2.05) is 0 Å². The zero-order valence-corrected chi connectivity index (χ0v) is 17.4. The van der Waals surface area contributed by atoms with Gasteiger partial charge in [0.2, 0.25) is 0 Å². The topological polar surface area (TPSA) is 107 Å². The molecule has 1 aromatic carbocycles. The highest BCUT2D eigenvalue weighted by molar-refractivity contribution is 7.85. The van der Waals surface area contributed by atoms with Crippen molar-refractivity contribution in [2.75, 3.05) is 32.4 Å². The number of likely N-dealkylation sites (tertiary alicyclic amines) is 1. The van der Waals surface area contributed by atoms with Crippen LogP contribution in [-0.4, -0.2) is 79.1 Å². The van der Waals surface area contributed by atoms with Crippen LogP contribution in [0.2, 0.25) is 0 Å². The molecular weight excluding hydrogens is 382 g/mol. The maximum absolute atomic E-state index is 11.8. The third-order valence-electron chi connectivity index (χ3n) is 5.12. The Kier molecular flexibility index (Phi) is 7.70. The summed E-state index contributed by atoms with van der Waals surface area (Å²) in [7, 11) is -2.13. The number of benzene rings is 1. The summed E-state index contributed by atoms with van der Waals surface area (Å²) in [5, 5.41) is 3.34. The van der Waals surface area contributed by atoms with Crippen LogP contribution in [0.15, 0.2) is 24.3 Å². The van der Waals surface area contributed by atoms with Crippen LogP contribution in [0.1, 0.15) is 47.4 Å². The first-order valence-corrected chi connectivity index (χ1v) is 11.1. The van der Waals surface area contributed by atoms with Crippen molar-refractivity contribution in [2.45, 2.75) is 38.8 Å². The van der Waals surface area contributed by atoms with Gasteiger partial charge in [0.1, 0.15) is 0 Å². The number of amides is 2. The molecule has 156 valence electrons. The molecule has 0 radical (unpaired) electrons. The Bertz CT molecular complexity index is 767. The molecule has 2 aliphatic heterocycles. The summed E-state index contributed by atoms with van der Waals surface area (Å²) in [4.78, 5) is 26.9. The first-order chi connectivity index (χ1) is 13.1. The molecule has 0 unspecified atom stereocenters. The lowest BCUT2D eigenvalue weighted by molar-refractivity contribution is 0.0664. The van der Waals surface area contributed by atoms with Crippen molar-refractivity contribution in [1.29, 1.82) is 0 Å². The van der Waals surface area contributed by atoms with Gasteiger partial charge in [-0.3, -0.25) is 19.0 Å². The van der Waals surface area contributed by atoms with E-state index in [0.29, 0.717) is 0 Å². The molecule has 3 rings (SSSR count). The average molecular weight is 412 g/mol. The van der Waals surface area contributed by atoms with E-state index in [0.717, 1.165) is 17.0 Å². The predicted octanol–water partition coefficient (Wildman–Crippen LogP) is 1.25. The molecular formula is C19H29N3O5S. The molecule has 2 aliphatic rings. The number of hydrogen-bond donors (Lipinski definition) is 2. The predicted molar refractivity (Wildman–Crippen MR) is 107 cm³/mol. The minimum atomic E-state index is -4.19. The number of nitrogens with zero attached hydrogens (tertiary/aromatic N) is 2. The standard InChI is InChI=1S/C10H9NO5S.C9H20N2/c12-9-7-3-1-2-4-8(7)10(13)11(9)5-6-17(14,15)16;1-8(2)11-6-4-9(10-3)5-7-11/h1-4H,5-6H2,(H,14,15,16);8-10H,4-7H2,1-3H3. The van der Waals surface area contributed by atoms with Gasteiger partial charge in [0.25, 0.3) is 21.9 Å². The van der Waals surface area contributed by atoms with Gasteiger partial charge < -0.3 is 10.2 Å². The number of rotatable bonds is 5. The molecule has 2 heterocycles. The highest BCUT2D eigenvalue weighted by Crippen LogP contribution is 2.22. The van der Waals surface area contributed by atoms with Crippen molar-refractivity contribution in [2.24, 2.45) is 0 Å². The van der Waals surface area contributed by atoms with Crippen LogP contribution in [0.3, 0.4) is 0 Å².